The summed E-state index contributed by atoms with van der Waals surface area (Å²) in [5.74, 6) is 0.601. The first kappa shape index (κ1) is 15.7. The van der Waals surface area contributed by atoms with Crippen LogP contribution in [0.2, 0.25) is 0 Å². The fraction of sp³-hybridized carbons (Fsp3) is 0.909. The maximum absolute atomic E-state index is 11.6. The molecule has 0 aliphatic rings. The second kappa shape index (κ2) is 7.14. The van der Waals surface area contributed by atoms with E-state index in [0.717, 1.165) is 0 Å². The first-order chi connectivity index (χ1) is 7.26. The summed E-state index contributed by atoms with van der Waals surface area (Å²) in [7, 11) is 0. The van der Waals surface area contributed by atoms with E-state index in [2.05, 4.69) is 0 Å². The van der Waals surface area contributed by atoms with Crippen molar-refractivity contribution in [1.29, 1.82) is 0 Å². The predicted molar refractivity (Wildman–Crippen MR) is 65.4 cm³/mol. The van der Waals surface area contributed by atoms with E-state index in [9.17, 15) is 4.79 Å². The van der Waals surface area contributed by atoms with Crippen LogP contribution in [0.3, 0.4) is 0 Å². The first-order valence-corrected chi connectivity index (χ1v) is 6.51. The number of hydrogen-bond acceptors (Lipinski definition) is 5. The summed E-state index contributed by atoms with van der Waals surface area (Å²) in [6, 6.07) is 0. The summed E-state index contributed by atoms with van der Waals surface area (Å²) in [6.07, 6.45) is -0.712. The third-order valence-electron chi connectivity index (χ3n) is 1.70. The van der Waals surface area contributed by atoms with Gasteiger partial charge in [-0.2, -0.15) is 11.8 Å². The molecule has 0 radical (unpaired) electrons. The van der Waals surface area contributed by atoms with Crippen LogP contribution in [0.15, 0.2) is 0 Å². The molecule has 2 atom stereocenters. The molecule has 0 aromatic carbocycles. The second-order valence-electron chi connectivity index (χ2n) is 4.81. The molecule has 16 heavy (non-hydrogen) atoms. The molecule has 0 aromatic heterocycles. The summed E-state index contributed by atoms with van der Waals surface area (Å²) in [4.78, 5) is 11.6. The fourth-order valence-electron chi connectivity index (χ4n) is 0.904. The van der Waals surface area contributed by atoms with Gasteiger partial charge in [-0.1, -0.05) is 6.92 Å². The van der Waals surface area contributed by atoms with Crippen LogP contribution in [0.1, 0.15) is 27.7 Å². The fourth-order valence-corrected chi connectivity index (χ4v) is 1.91. The molecular formula is C11H22O4S. The maximum atomic E-state index is 11.6. The van der Waals surface area contributed by atoms with E-state index in [1.54, 1.807) is 6.92 Å². The highest BCUT2D eigenvalue weighted by Gasteiger charge is 2.21. The molecule has 0 saturated heterocycles. The molecule has 0 aromatic rings. The number of hydrogen-bond donors (Lipinski definition) is 2. The van der Waals surface area contributed by atoms with Crippen LogP contribution in [-0.4, -0.2) is 46.0 Å². The molecule has 4 nitrogen and oxygen atoms in total. The zero-order chi connectivity index (χ0) is 12.8. The van der Waals surface area contributed by atoms with Gasteiger partial charge in [-0.25, -0.2) is 0 Å². The number of carbonyl (C=O) groups is 1. The number of aliphatic hydroxyl groups is 2. The largest absolute Gasteiger partial charge is 0.460 e. The van der Waals surface area contributed by atoms with Gasteiger partial charge < -0.3 is 14.9 Å². The number of aliphatic hydroxyl groups excluding tert-OH is 2. The van der Waals surface area contributed by atoms with Crippen molar-refractivity contribution in [3.05, 3.63) is 0 Å². The van der Waals surface area contributed by atoms with Crippen LogP contribution >= 0.6 is 11.8 Å². The molecule has 0 spiro atoms. The van der Waals surface area contributed by atoms with Gasteiger partial charge in [-0.05, 0) is 20.8 Å². The van der Waals surface area contributed by atoms with Crippen LogP contribution in [0, 0.1) is 5.92 Å². The first-order valence-electron chi connectivity index (χ1n) is 5.35. The highest BCUT2D eigenvalue weighted by atomic mass is 32.2. The molecule has 0 heterocycles. The Bertz CT molecular complexity index is 213. The molecule has 0 aliphatic heterocycles. The van der Waals surface area contributed by atoms with Gasteiger partial charge in [0.25, 0.3) is 0 Å². The average Bonchev–Trinajstić information content (AvgIpc) is 2.14. The Morgan fingerprint density at radius 1 is 1.38 bits per heavy atom. The van der Waals surface area contributed by atoms with Crippen molar-refractivity contribution in [2.24, 2.45) is 5.92 Å². The summed E-state index contributed by atoms with van der Waals surface area (Å²) in [6.45, 7) is 7.06. The number of carbonyl (C=O) groups excluding carboxylic acids is 1. The third-order valence-corrected chi connectivity index (χ3v) is 3.05. The van der Waals surface area contributed by atoms with E-state index >= 15 is 0 Å². The summed E-state index contributed by atoms with van der Waals surface area (Å²) in [5.41, 5.74) is -0.458. The molecule has 5 heteroatoms. The topological polar surface area (TPSA) is 66.8 Å². The standard InChI is InChI=1S/C11H22O4S/c1-8(6-16-7-9(13)5-12)10(14)15-11(2,3)4/h8-9,12-13H,5-7H2,1-4H3. The van der Waals surface area contributed by atoms with Gasteiger partial charge >= 0.3 is 5.97 Å². The van der Waals surface area contributed by atoms with Crippen LogP contribution < -0.4 is 0 Å². The van der Waals surface area contributed by atoms with Crippen LogP contribution in [0.25, 0.3) is 0 Å². The van der Waals surface area contributed by atoms with Gasteiger partial charge in [-0.3, -0.25) is 4.79 Å². The Hall–Kier alpha value is -0.260. The molecule has 2 N–H and O–H groups in total. The SMILES string of the molecule is CC(CSCC(O)CO)C(=O)OC(C)(C)C. The van der Waals surface area contributed by atoms with E-state index in [0.29, 0.717) is 11.5 Å². The molecule has 0 aliphatic carbocycles. The number of rotatable bonds is 6. The van der Waals surface area contributed by atoms with Gasteiger partial charge in [-0.15, -0.1) is 0 Å². The van der Waals surface area contributed by atoms with Crippen molar-refractivity contribution in [1.82, 2.24) is 0 Å². The van der Waals surface area contributed by atoms with Crippen molar-refractivity contribution in [2.45, 2.75) is 39.4 Å². The van der Waals surface area contributed by atoms with E-state index < -0.39 is 11.7 Å². The molecule has 0 rings (SSSR count). The van der Waals surface area contributed by atoms with Crippen LogP contribution in [0.5, 0.6) is 0 Å². The molecule has 0 saturated carbocycles. The highest BCUT2D eigenvalue weighted by molar-refractivity contribution is 7.99. The average molecular weight is 250 g/mol. The van der Waals surface area contributed by atoms with Crippen LogP contribution in [0.4, 0.5) is 0 Å². The Morgan fingerprint density at radius 3 is 2.38 bits per heavy atom. The Labute approximate surface area is 101 Å². The molecule has 0 amide bonds. The predicted octanol–water partition coefficient (Wildman–Crippen LogP) is 1.05. The number of ether oxygens (including phenoxy) is 1. The minimum atomic E-state index is -0.712. The van der Waals surface area contributed by atoms with E-state index in [1.165, 1.54) is 11.8 Å². The van der Waals surface area contributed by atoms with E-state index in [1.807, 2.05) is 20.8 Å². The molecule has 2 unspecified atom stereocenters. The van der Waals surface area contributed by atoms with Crippen molar-refractivity contribution < 1.29 is 19.7 Å². The zero-order valence-electron chi connectivity index (χ0n) is 10.4. The van der Waals surface area contributed by atoms with E-state index in [-0.39, 0.29) is 18.5 Å². The van der Waals surface area contributed by atoms with E-state index in [4.69, 9.17) is 14.9 Å². The lowest BCUT2D eigenvalue weighted by atomic mass is 10.1. The molecular weight excluding hydrogens is 228 g/mol. The Balaban J connectivity index is 3.80. The maximum Gasteiger partial charge on any atom is 0.310 e. The van der Waals surface area contributed by atoms with Crippen molar-refractivity contribution in [3.8, 4) is 0 Å². The lowest BCUT2D eigenvalue weighted by Gasteiger charge is -2.22. The minimum Gasteiger partial charge on any atom is -0.460 e. The number of thioether (sulfide) groups is 1. The normalized spacial score (nSPS) is 15.6. The van der Waals surface area contributed by atoms with Gasteiger partial charge in [0.15, 0.2) is 0 Å². The zero-order valence-corrected chi connectivity index (χ0v) is 11.2. The quantitative estimate of drug-likeness (QED) is 0.690. The Kier molecular flexibility index (Phi) is 7.03. The smallest absolute Gasteiger partial charge is 0.310 e. The van der Waals surface area contributed by atoms with Gasteiger partial charge in [0.05, 0.1) is 18.6 Å². The van der Waals surface area contributed by atoms with Crippen molar-refractivity contribution in [3.63, 3.8) is 0 Å². The highest BCUT2D eigenvalue weighted by Crippen LogP contribution is 2.15. The number of esters is 1. The lowest BCUT2D eigenvalue weighted by Crippen LogP contribution is -2.28. The summed E-state index contributed by atoms with van der Waals surface area (Å²) >= 11 is 1.44. The monoisotopic (exact) mass is 250 g/mol. The third kappa shape index (κ3) is 7.96. The molecule has 0 bridgehead atoms. The Morgan fingerprint density at radius 2 is 1.94 bits per heavy atom. The van der Waals surface area contributed by atoms with Crippen LogP contribution in [-0.2, 0) is 9.53 Å². The lowest BCUT2D eigenvalue weighted by molar-refractivity contribution is -0.158. The van der Waals surface area contributed by atoms with Crippen molar-refractivity contribution in [2.75, 3.05) is 18.1 Å². The summed E-state index contributed by atoms with van der Waals surface area (Å²) in [5, 5.41) is 17.7. The molecule has 96 valence electrons. The minimum absolute atomic E-state index is 0.199. The van der Waals surface area contributed by atoms with Gasteiger partial charge in [0.1, 0.15) is 5.60 Å². The molecule has 0 fully saturated rings. The van der Waals surface area contributed by atoms with Gasteiger partial charge in [0, 0.05) is 11.5 Å². The summed E-state index contributed by atoms with van der Waals surface area (Å²) < 4.78 is 5.22. The second-order valence-corrected chi connectivity index (χ2v) is 5.88. The van der Waals surface area contributed by atoms with Gasteiger partial charge in [0.2, 0.25) is 0 Å². The van der Waals surface area contributed by atoms with Crippen molar-refractivity contribution >= 4 is 17.7 Å².